The van der Waals surface area contributed by atoms with Crippen molar-refractivity contribution in [2.75, 3.05) is 25.0 Å². The van der Waals surface area contributed by atoms with Crippen molar-refractivity contribution in [3.8, 4) is 5.75 Å². The molecule has 0 aromatic heterocycles. The summed E-state index contributed by atoms with van der Waals surface area (Å²) >= 11 is 0. The van der Waals surface area contributed by atoms with Crippen molar-refractivity contribution in [3.63, 3.8) is 0 Å². The molecule has 0 radical (unpaired) electrons. The highest BCUT2D eigenvalue weighted by Crippen LogP contribution is 2.27. The van der Waals surface area contributed by atoms with Gasteiger partial charge in [-0.25, -0.2) is 0 Å². The minimum atomic E-state index is -0.930. The van der Waals surface area contributed by atoms with Gasteiger partial charge in [-0.15, -0.1) is 0 Å². The fraction of sp³-hybridized carbons (Fsp3) is 0.458. The third-order valence-corrected chi connectivity index (χ3v) is 5.43. The normalized spacial score (nSPS) is 16.3. The molecule has 3 rings (SSSR count). The first kappa shape index (κ1) is 21.3. The minimum Gasteiger partial charge on any atom is -0.494 e. The lowest BCUT2D eigenvalue weighted by atomic mass is 9.87. The van der Waals surface area contributed by atoms with Gasteiger partial charge in [-0.3, -0.25) is 9.69 Å². The molecule has 0 unspecified atom stereocenters. The summed E-state index contributed by atoms with van der Waals surface area (Å²) in [4.78, 5) is 14.8. The highest BCUT2D eigenvalue weighted by Gasteiger charge is 2.34. The number of aliphatic hydroxyl groups is 1. The van der Waals surface area contributed by atoms with Gasteiger partial charge in [0.15, 0.2) is 0 Å². The summed E-state index contributed by atoms with van der Waals surface area (Å²) in [6.45, 7) is 5.31. The lowest BCUT2D eigenvalue weighted by Gasteiger charge is -2.37. The van der Waals surface area contributed by atoms with E-state index in [1.54, 1.807) is 0 Å². The zero-order valence-electron chi connectivity index (χ0n) is 17.3. The number of benzene rings is 2. The Balaban J connectivity index is 1.43. The Morgan fingerprint density at radius 2 is 1.79 bits per heavy atom. The smallest absolute Gasteiger partial charge is 0.227 e. The zero-order chi connectivity index (χ0) is 20.5. The number of piperidine rings is 1. The number of anilines is 1. The van der Waals surface area contributed by atoms with Crippen molar-refractivity contribution in [2.45, 2.75) is 51.2 Å². The molecular formula is C24H32N2O3. The molecule has 2 N–H and O–H groups in total. The third-order valence-electron chi connectivity index (χ3n) is 5.43. The Morgan fingerprint density at radius 1 is 1.10 bits per heavy atom. The molecule has 1 amide bonds. The van der Waals surface area contributed by atoms with Gasteiger partial charge in [-0.1, -0.05) is 43.7 Å². The summed E-state index contributed by atoms with van der Waals surface area (Å²) in [5.74, 6) is 0.657. The summed E-state index contributed by atoms with van der Waals surface area (Å²) in [5, 5.41) is 13.8. The average molecular weight is 397 g/mol. The zero-order valence-corrected chi connectivity index (χ0v) is 17.3. The lowest BCUT2D eigenvalue weighted by Crippen LogP contribution is -2.45. The van der Waals surface area contributed by atoms with Crippen molar-refractivity contribution in [2.24, 2.45) is 0 Å². The van der Waals surface area contributed by atoms with Gasteiger partial charge in [-0.2, -0.15) is 0 Å². The predicted octanol–water partition coefficient (Wildman–Crippen LogP) is 4.22. The Hall–Kier alpha value is -2.37. The standard InChI is InChI=1S/C24H32N2O3/c1-2-3-17-29-22-11-9-21(10-12-22)25-23(27)18-24(28)13-15-26(16-14-24)19-20-7-5-4-6-8-20/h4-12,28H,2-3,13-19H2,1H3,(H,25,27). The number of carbonyl (C=O) groups is 1. The van der Waals surface area contributed by atoms with Crippen molar-refractivity contribution in [1.82, 2.24) is 4.90 Å². The van der Waals surface area contributed by atoms with Crippen molar-refractivity contribution >= 4 is 11.6 Å². The first-order valence-corrected chi connectivity index (χ1v) is 10.6. The molecule has 156 valence electrons. The van der Waals surface area contributed by atoms with Crippen molar-refractivity contribution in [1.29, 1.82) is 0 Å². The van der Waals surface area contributed by atoms with E-state index in [2.05, 4.69) is 29.3 Å². The van der Waals surface area contributed by atoms with Crippen LogP contribution in [0.4, 0.5) is 5.69 Å². The van der Waals surface area contributed by atoms with Crippen molar-refractivity contribution < 1.29 is 14.6 Å². The summed E-state index contributed by atoms with van der Waals surface area (Å²) < 4.78 is 5.64. The van der Waals surface area contributed by atoms with Gasteiger partial charge in [0, 0.05) is 25.3 Å². The molecule has 0 saturated carbocycles. The summed E-state index contributed by atoms with van der Waals surface area (Å²) in [5.41, 5.74) is 1.07. The van der Waals surface area contributed by atoms with E-state index in [4.69, 9.17) is 4.74 Å². The van der Waals surface area contributed by atoms with Gasteiger partial charge in [0.05, 0.1) is 18.6 Å². The van der Waals surface area contributed by atoms with Crippen LogP contribution in [0.1, 0.15) is 44.6 Å². The number of hydrogen-bond acceptors (Lipinski definition) is 4. The van der Waals surface area contributed by atoms with E-state index < -0.39 is 5.60 Å². The molecule has 0 bridgehead atoms. The highest BCUT2D eigenvalue weighted by atomic mass is 16.5. The van der Waals surface area contributed by atoms with Gasteiger partial charge >= 0.3 is 0 Å². The van der Waals surface area contributed by atoms with Crippen LogP contribution < -0.4 is 10.1 Å². The second-order valence-corrected chi connectivity index (χ2v) is 7.94. The first-order chi connectivity index (χ1) is 14.1. The Kier molecular flexibility index (Phi) is 7.67. The maximum absolute atomic E-state index is 12.4. The van der Waals surface area contributed by atoms with Crippen LogP contribution in [0, 0.1) is 0 Å². The predicted molar refractivity (Wildman–Crippen MR) is 116 cm³/mol. The van der Waals surface area contributed by atoms with Crippen LogP contribution in [0.25, 0.3) is 0 Å². The number of nitrogens with zero attached hydrogens (tertiary/aromatic N) is 1. The van der Waals surface area contributed by atoms with E-state index in [-0.39, 0.29) is 12.3 Å². The Bertz CT molecular complexity index is 753. The largest absolute Gasteiger partial charge is 0.494 e. The fourth-order valence-corrected chi connectivity index (χ4v) is 3.62. The number of ether oxygens (including phenoxy) is 1. The van der Waals surface area contributed by atoms with Crippen LogP contribution >= 0.6 is 0 Å². The molecule has 5 nitrogen and oxygen atoms in total. The quantitative estimate of drug-likeness (QED) is 0.623. The number of unbranched alkanes of at least 4 members (excludes halogenated alkanes) is 1. The van der Waals surface area contributed by atoms with Crippen molar-refractivity contribution in [3.05, 3.63) is 60.2 Å². The fourth-order valence-electron chi connectivity index (χ4n) is 3.62. The number of rotatable bonds is 9. The van der Waals surface area contributed by atoms with Gasteiger partial charge in [0.2, 0.25) is 5.91 Å². The molecule has 1 saturated heterocycles. The topological polar surface area (TPSA) is 61.8 Å². The second-order valence-electron chi connectivity index (χ2n) is 7.94. The Morgan fingerprint density at radius 3 is 2.45 bits per heavy atom. The molecule has 2 aromatic carbocycles. The van der Waals surface area contributed by atoms with Crippen LogP contribution in [-0.2, 0) is 11.3 Å². The molecule has 29 heavy (non-hydrogen) atoms. The number of hydrogen-bond donors (Lipinski definition) is 2. The molecule has 0 atom stereocenters. The molecule has 2 aromatic rings. The number of carbonyl (C=O) groups excluding carboxylic acids is 1. The maximum atomic E-state index is 12.4. The average Bonchev–Trinajstić information content (AvgIpc) is 2.72. The lowest BCUT2D eigenvalue weighted by molar-refractivity contribution is -0.123. The Labute approximate surface area is 173 Å². The van der Waals surface area contributed by atoms with Crippen LogP contribution in [0.3, 0.4) is 0 Å². The number of nitrogens with one attached hydrogen (secondary N) is 1. The molecule has 1 heterocycles. The molecule has 1 aliphatic rings. The van der Waals surface area contributed by atoms with Gasteiger partial charge in [-0.05, 0) is 49.1 Å². The van der Waals surface area contributed by atoms with Crippen LogP contribution in [0.5, 0.6) is 5.75 Å². The van der Waals surface area contributed by atoms with E-state index in [9.17, 15) is 9.90 Å². The molecule has 0 aliphatic carbocycles. The summed E-state index contributed by atoms with van der Waals surface area (Å²) in [6.07, 6.45) is 3.47. The van der Waals surface area contributed by atoms with E-state index in [1.807, 2.05) is 42.5 Å². The van der Waals surface area contributed by atoms with E-state index in [0.29, 0.717) is 19.4 Å². The molecule has 5 heteroatoms. The van der Waals surface area contributed by atoms with Crippen LogP contribution in [-0.4, -0.2) is 41.2 Å². The summed E-state index contributed by atoms with van der Waals surface area (Å²) in [7, 11) is 0. The van der Waals surface area contributed by atoms with Gasteiger partial charge in [0.25, 0.3) is 0 Å². The highest BCUT2D eigenvalue weighted by molar-refractivity contribution is 5.91. The van der Waals surface area contributed by atoms with Gasteiger partial charge in [0.1, 0.15) is 5.75 Å². The van der Waals surface area contributed by atoms with Gasteiger partial charge < -0.3 is 15.2 Å². The number of amides is 1. The minimum absolute atomic E-state index is 0.126. The maximum Gasteiger partial charge on any atom is 0.227 e. The first-order valence-electron chi connectivity index (χ1n) is 10.6. The van der Waals surface area contributed by atoms with E-state index in [0.717, 1.165) is 43.9 Å². The summed E-state index contributed by atoms with van der Waals surface area (Å²) in [6, 6.07) is 17.8. The second kappa shape index (κ2) is 10.4. The SMILES string of the molecule is CCCCOc1ccc(NC(=O)CC2(O)CCN(Cc3ccccc3)CC2)cc1. The molecule has 1 fully saturated rings. The van der Waals surface area contributed by atoms with Crippen LogP contribution in [0.15, 0.2) is 54.6 Å². The monoisotopic (exact) mass is 396 g/mol. The van der Waals surface area contributed by atoms with E-state index >= 15 is 0 Å². The van der Waals surface area contributed by atoms with E-state index in [1.165, 1.54) is 5.56 Å². The number of likely N-dealkylation sites (tertiary alicyclic amines) is 1. The molecule has 0 spiro atoms. The van der Waals surface area contributed by atoms with Crippen LogP contribution in [0.2, 0.25) is 0 Å². The molecule has 1 aliphatic heterocycles. The molecular weight excluding hydrogens is 364 g/mol. The third kappa shape index (κ3) is 6.87.